The molecule has 1 atom stereocenters. The fraction of sp³-hybridized carbons (Fsp3) is 0.786. The van der Waals surface area contributed by atoms with Crippen LogP contribution in [-0.4, -0.2) is 27.1 Å². The molecule has 1 aromatic rings. The molecule has 1 fully saturated rings. The second kappa shape index (κ2) is 7.07. The van der Waals surface area contributed by atoms with Crippen molar-refractivity contribution in [3.8, 4) is 0 Å². The van der Waals surface area contributed by atoms with Gasteiger partial charge >= 0.3 is 0 Å². The molecule has 1 aromatic heterocycles. The van der Waals surface area contributed by atoms with E-state index < -0.39 is 0 Å². The first-order valence-electron chi connectivity index (χ1n) is 7.19. The van der Waals surface area contributed by atoms with E-state index in [1.165, 1.54) is 37.9 Å². The Hall–Kier alpha value is -0.640. The van der Waals surface area contributed by atoms with Crippen LogP contribution in [0.3, 0.4) is 0 Å². The Bertz CT molecular complexity index is 356. The van der Waals surface area contributed by atoms with Crippen LogP contribution in [0.1, 0.15) is 44.7 Å². The zero-order chi connectivity index (χ0) is 12.8. The molecule has 1 aliphatic heterocycles. The Kier molecular flexibility index (Phi) is 5.42. The van der Waals surface area contributed by atoms with E-state index in [0.717, 1.165) is 30.0 Å². The van der Waals surface area contributed by atoms with Crippen LogP contribution in [0.15, 0.2) is 6.20 Å². The first-order valence-corrected chi connectivity index (χ1v) is 8.23. The number of unbranched alkanes of at least 4 members (excludes halogenated alkanes) is 1. The number of hydrogen-bond donors (Lipinski definition) is 1. The van der Waals surface area contributed by atoms with Crippen molar-refractivity contribution in [3.63, 3.8) is 0 Å². The van der Waals surface area contributed by atoms with E-state index in [-0.39, 0.29) is 0 Å². The average molecular weight is 267 g/mol. The molecule has 1 unspecified atom stereocenters. The quantitative estimate of drug-likeness (QED) is 0.797. The predicted octanol–water partition coefficient (Wildman–Crippen LogP) is 3.69. The van der Waals surface area contributed by atoms with Crippen LogP contribution in [0.4, 0.5) is 5.95 Å². The van der Waals surface area contributed by atoms with Crippen LogP contribution in [0.5, 0.6) is 0 Å². The van der Waals surface area contributed by atoms with Crippen molar-refractivity contribution in [2.75, 3.05) is 17.6 Å². The molecule has 1 aliphatic rings. The minimum Gasteiger partial charge on any atom is -0.356 e. The van der Waals surface area contributed by atoms with Crippen LogP contribution in [-0.2, 0) is 6.54 Å². The lowest BCUT2D eigenvalue weighted by atomic mass is 10.2. The maximum Gasteiger partial charge on any atom is 0.203 e. The Labute approximate surface area is 115 Å². The number of anilines is 1. The van der Waals surface area contributed by atoms with E-state index >= 15 is 0 Å². The van der Waals surface area contributed by atoms with Gasteiger partial charge in [0, 0.05) is 24.5 Å². The van der Waals surface area contributed by atoms with Gasteiger partial charge in [0.15, 0.2) is 0 Å². The normalized spacial score (nSPS) is 20.0. The van der Waals surface area contributed by atoms with Gasteiger partial charge < -0.3 is 9.88 Å². The number of rotatable bonds is 6. The number of nitrogens with zero attached hydrogens (tertiary/aromatic N) is 2. The lowest BCUT2D eigenvalue weighted by molar-refractivity contribution is 0.585. The lowest BCUT2D eigenvalue weighted by Gasteiger charge is -2.22. The highest BCUT2D eigenvalue weighted by Crippen LogP contribution is 2.27. The van der Waals surface area contributed by atoms with Gasteiger partial charge in [-0.2, -0.15) is 11.8 Å². The first-order chi connectivity index (χ1) is 8.79. The van der Waals surface area contributed by atoms with Crippen LogP contribution >= 0.6 is 11.8 Å². The van der Waals surface area contributed by atoms with E-state index in [0.29, 0.717) is 0 Å². The minimum atomic E-state index is 0.777. The smallest absolute Gasteiger partial charge is 0.203 e. The number of hydrogen-bond acceptors (Lipinski definition) is 3. The van der Waals surface area contributed by atoms with Crippen molar-refractivity contribution in [2.24, 2.45) is 0 Å². The fourth-order valence-corrected chi connectivity index (χ4v) is 3.68. The molecule has 0 radical (unpaired) electrons. The van der Waals surface area contributed by atoms with Gasteiger partial charge in [0.2, 0.25) is 5.95 Å². The van der Waals surface area contributed by atoms with E-state index in [1.807, 2.05) is 0 Å². The zero-order valence-corrected chi connectivity index (χ0v) is 12.4. The summed E-state index contributed by atoms with van der Waals surface area (Å²) < 4.78 is 2.31. The molecule has 1 N–H and O–H groups in total. The highest BCUT2D eigenvalue weighted by molar-refractivity contribution is 7.99. The lowest BCUT2D eigenvalue weighted by Crippen LogP contribution is -2.18. The van der Waals surface area contributed by atoms with Gasteiger partial charge in [-0.15, -0.1) is 0 Å². The van der Waals surface area contributed by atoms with E-state index in [9.17, 15) is 0 Å². The van der Waals surface area contributed by atoms with Crippen molar-refractivity contribution in [1.29, 1.82) is 0 Å². The largest absolute Gasteiger partial charge is 0.356 e. The third-order valence-electron chi connectivity index (χ3n) is 3.38. The maximum atomic E-state index is 4.59. The second-order valence-corrected chi connectivity index (χ2v) is 6.54. The van der Waals surface area contributed by atoms with Gasteiger partial charge in [-0.3, -0.25) is 0 Å². The molecule has 4 heteroatoms. The van der Waals surface area contributed by atoms with Crippen LogP contribution < -0.4 is 5.32 Å². The molecule has 3 nitrogen and oxygen atoms in total. The molecule has 0 bridgehead atoms. The number of aryl methyl sites for hydroxylation is 1. The number of thioether (sulfide) groups is 1. The van der Waals surface area contributed by atoms with Gasteiger partial charge in [-0.1, -0.05) is 19.8 Å². The molecule has 102 valence electrons. The van der Waals surface area contributed by atoms with Crippen molar-refractivity contribution in [3.05, 3.63) is 11.9 Å². The molecule has 0 amide bonds. The number of nitrogens with one attached hydrogen (secondary N) is 1. The number of imidazole rings is 1. The van der Waals surface area contributed by atoms with Crippen molar-refractivity contribution in [1.82, 2.24) is 9.55 Å². The van der Waals surface area contributed by atoms with Crippen molar-refractivity contribution >= 4 is 17.7 Å². The molecule has 1 saturated heterocycles. The summed E-state index contributed by atoms with van der Waals surface area (Å²) in [6.07, 6.45) is 8.77. The van der Waals surface area contributed by atoms with Crippen LogP contribution in [0.2, 0.25) is 0 Å². The standard InChI is InChI=1S/C14H25N3S/c1-3-4-8-15-14-16-12(2)10-17(14)11-13-7-5-6-9-18-13/h10,13H,3-9,11H2,1-2H3,(H,15,16). The summed E-state index contributed by atoms with van der Waals surface area (Å²) in [5.41, 5.74) is 1.12. The molecule has 18 heavy (non-hydrogen) atoms. The minimum absolute atomic E-state index is 0.777. The number of aromatic nitrogens is 2. The van der Waals surface area contributed by atoms with Gasteiger partial charge in [-0.25, -0.2) is 4.98 Å². The van der Waals surface area contributed by atoms with E-state index in [1.54, 1.807) is 0 Å². The van der Waals surface area contributed by atoms with Crippen LogP contribution in [0, 0.1) is 6.92 Å². The molecule has 2 rings (SSSR count). The summed E-state index contributed by atoms with van der Waals surface area (Å²) >= 11 is 2.13. The second-order valence-electron chi connectivity index (χ2n) is 5.13. The summed E-state index contributed by atoms with van der Waals surface area (Å²) in [6.45, 7) is 6.44. The molecule has 0 aliphatic carbocycles. The molecule has 2 heterocycles. The summed E-state index contributed by atoms with van der Waals surface area (Å²) in [5, 5.41) is 4.24. The van der Waals surface area contributed by atoms with Crippen molar-refractivity contribution in [2.45, 2.75) is 57.7 Å². The molecular formula is C14H25N3S. The Morgan fingerprint density at radius 2 is 2.39 bits per heavy atom. The topological polar surface area (TPSA) is 29.9 Å². The highest BCUT2D eigenvalue weighted by Gasteiger charge is 2.16. The monoisotopic (exact) mass is 267 g/mol. The highest BCUT2D eigenvalue weighted by atomic mass is 32.2. The Morgan fingerprint density at radius 3 is 3.11 bits per heavy atom. The molecule has 0 saturated carbocycles. The molecule has 0 aromatic carbocycles. The average Bonchev–Trinajstić information content (AvgIpc) is 2.71. The first kappa shape index (κ1) is 13.8. The summed E-state index contributed by atoms with van der Waals surface area (Å²) in [7, 11) is 0. The SMILES string of the molecule is CCCCNc1nc(C)cn1CC1CCCCS1. The Balaban J connectivity index is 1.93. The summed E-state index contributed by atoms with van der Waals surface area (Å²) in [4.78, 5) is 4.59. The predicted molar refractivity (Wildman–Crippen MR) is 80.5 cm³/mol. The van der Waals surface area contributed by atoms with Gasteiger partial charge in [0.25, 0.3) is 0 Å². The van der Waals surface area contributed by atoms with E-state index in [4.69, 9.17) is 0 Å². The molecule has 0 spiro atoms. The summed E-state index contributed by atoms with van der Waals surface area (Å²) in [5.74, 6) is 2.39. The Morgan fingerprint density at radius 1 is 1.50 bits per heavy atom. The third kappa shape index (κ3) is 3.94. The molecular weight excluding hydrogens is 242 g/mol. The maximum absolute atomic E-state index is 4.59. The van der Waals surface area contributed by atoms with Crippen molar-refractivity contribution < 1.29 is 0 Å². The zero-order valence-electron chi connectivity index (χ0n) is 11.6. The fourth-order valence-electron chi connectivity index (χ4n) is 2.37. The van der Waals surface area contributed by atoms with Gasteiger partial charge in [0.1, 0.15) is 0 Å². The summed E-state index contributed by atoms with van der Waals surface area (Å²) in [6, 6.07) is 0. The third-order valence-corrected chi connectivity index (χ3v) is 4.77. The van der Waals surface area contributed by atoms with Gasteiger partial charge in [0.05, 0.1) is 5.69 Å². The van der Waals surface area contributed by atoms with Gasteiger partial charge in [-0.05, 0) is 31.9 Å². The van der Waals surface area contributed by atoms with Crippen LogP contribution in [0.25, 0.3) is 0 Å². The van der Waals surface area contributed by atoms with E-state index in [2.05, 4.69) is 46.7 Å².